The Morgan fingerprint density at radius 3 is 1.21 bits per heavy atom. The predicted octanol–water partition coefficient (Wildman–Crippen LogP) is 1.31. The number of amidine groups is 2. The molecule has 6 N–H and O–H groups in total. The van der Waals surface area contributed by atoms with Crippen molar-refractivity contribution in [2.45, 2.75) is 7.43 Å². The number of nitrogen functional groups attached to an aromatic ring is 2. The van der Waals surface area contributed by atoms with Crippen LogP contribution < -0.4 is 11.5 Å². The lowest BCUT2D eigenvalue weighted by molar-refractivity contribution is 1.40. The Labute approximate surface area is 89.7 Å². The Balaban J connectivity index is 0. The number of benzene rings is 1. The minimum Gasteiger partial charge on any atom is -0.384 e. The highest BCUT2D eigenvalue weighted by atomic mass is 35.5. The maximum Gasteiger partial charge on any atom is 0.122 e. The molecule has 4 nitrogen and oxygen atoms in total. The summed E-state index contributed by atoms with van der Waals surface area (Å²) >= 11 is 0. The van der Waals surface area contributed by atoms with Gasteiger partial charge in [-0.2, -0.15) is 0 Å². The zero-order valence-corrected chi connectivity index (χ0v) is 7.69. The van der Waals surface area contributed by atoms with Crippen LogP contribution in [0.25, 0.3) is 0 Å². The van der Waals surface area contributed by atoms with Gasteiger partial charge in [0.25, 0.3) is 0 Å². The van der Waals surface area contributed by atoms with Crippen molar-refractivity contribution in [1.82, 2.24) is 0 Å². The van der Waals surface area contributed by atoms with Crippen molar-refractivity contribution >= 4 is 24.1 Å². The molecule has 0 saturated carbocycles. The van der Waals surface area contributed by atoms with E-state index in [1.165, 1.54) is 0 Å². The van der Waals surface area contributed by atoms with Crippen LogP contribution >= 0.6 is 12.4 Å². The fourth-order valence-electron chi connectivity index (χ4n) is 0.829. The summed E-state index contributed by atoms with van der Waals surface area (Å²) in [6.45, 7) is 0. The average Bonchev–Trinajstić information content (AvgIpc) is 2.04. The number of halogens is 1. The zero-order valence-electron chi connectivity index (χ0n) is 6.87. The molecule has 14 heavy (non-hydrogen) atoms. The van der Waals surface area contributed by atoms with Gasteiger partial charge >= 0.3 is 0 Å². The second-order valence-electron chi connectivity index (χ2n) is 2.40. The van der Waals surface area contributed by atoms with Crippen molar-refractivity contribution in [3.05, 3.63) is 35.4 Å². The van der Waals surface area contributed by atoms with Gasteiger partial charge in [-0.3, -0.25) is 10.8 Å². The third kappa shape index (κ3) is 3.45. The van der Waals surface area contributed by atoms with Crippen molar-refractivity contribution < 1.29 is 0 Å². The predicted molar refractivity (Wildman–Crippen MR) is 62.5 cm³/mol. The van der Waals surface area contributed by atoms with Gasteiger partial charge in [0.1, 0.15) is 11.7 Å². The minimum absolute atomic E-state index is 0. The molecule has 1 aromatic carbocycles. The molecule has 0 unspecified atom stereocenters. The lowest BCUT2D eigenvalue weighted by atomic mass is 10.1. The van der Waals surface area contributed by atoms with Gasteiger partial charge in [-0.15, -0.1) is 12.4 Å². The highest BCUT2D eigenvalue weighted by Crippen LogP contribution is 2.02. The van der Waals surface area contributed by atoms with Gasteiger partial charge < -0.3 is 11.5 Å². The molecule has 1 aromatic rings. The molecule has 0 amide bonds. The largest absolute Gasteiger partial charge is 0.384 e. The summed E-state index contributed by atoms with van der Waals surface area (Å²) in [5, 5.41) is 14.2. The topological polar surface area (TPSA) is 99.7 Å². The summed E-state index contributed by atoms with van der Waals surface area (Å²) in [6.07, 6.45) is 0. The van der Waals surface area contributed by atoms with E-state index in [1.807, 2.05) is 0 Å². The van der Waals surface area contributed by atoms with Gasteiger partial charge in [-0.05, 0) is 0 Å². The number of nitrogens with two attached hydrogens (primary N) is 2. The first-order chi connectivity index (χ1) is 5.61. The first-order valence-corrected chi connectivity index (χ1v) is 3.40. The van der Waals surface area contributed by atoms with Crippen LogP contribution in [0.5, 0.6) is 0 Å². The van der Waals surface area contributed by atoms with E-state index in [-0.39, 0.29) is 31.5 Å². The summed E-state index contributed by atoms with van der Waals surface area (Å²) in [5.41, 5.74) is 11.8. The first-order valence-electron chi connectivity index (χ1n) is 3.40. The molecule has 0 aromatic heterocycles. The third-order valence-electron chi connectivity index (χ3n) is 1.51. The van der Waals surface area contributed by atoms with Crippen LogP contribution in [0.15, 0.2) is 24.3 Å². The number of hydrogen-bond donors (Lipinski definition) is 4. The van der Waals surface area contributed by atoms with E-state index in [1.54, 1.807) is 24.3 Å². The third-order valence-corrected chi connectivity index (χ3v) is 1.51. The summed E-state index contributed by atoms with van der Waals surface area (Å²) < 4.78 is 0. The maximum absolute atomic E-state index is 7.11. The van der Waals surface area contributed by atoms with E-state index < -0.39 is 0 Å². The molecule has 0 aliphatic heterocycles. The Morgan fingerprint density at radius 2 is 1.07 bits per heavy atom. The molecule has 0 saturated heterocycles. The Morgan fingerprint density at radius 1 is 0.857 bits per heavy atom. The van der Waals surface area contributed by atoms with Gasteiger partial charge in [-0.1, -0.05) is 31.7 Å². The first kappa shape index (κ1) is 14.9. The fraction of sp³-hybridized carbons (Fsp3) is 0.111. The van der Waals surface area contributed by atoms with Gasteiger partial charge in [-0.25, -0.2) is 0 Å². The van der Waals surface area contributed by atoms with Crippen molar-refractivity contribution in [2.24, 2.45) is 11.5 Å². The number of rotatable bonds is 2. The Hall–Kier alpha value is -1.55. The van der Waals surface area contributed by atoms with E-state index in [2.05, 4.69) is 0 Å². The zero-order chi connectivity index (χ0) is 9.14. The Bertz CT molecular complexity index is 285. The molecular formula is C9H15ClN4. The molecule has 0 heterocycles. The minimum atomic E-state index is 0. The molecule has 1 rings (SSSR count). The van der Waals surface area contributed by atoms with Gasteiger partial charge in [0.15, 0.2) is 0 Å². The summed E-state index contributed by atoms with van der Waals surface area (Å²) in [5.74, 6) is 0.0372. The standard InChI is InChI=1S/C8H10N4.CH4.ClH/c9-7(10)5-1-2-6(4-3-5)8(11)12;;/h1-4H,(H3,9,10)(H3,11,12);1H4;1H. The maximum atomic E-state index is 7.11. The van der Waals surface area contributed by atoms with Crippen LogP contribution in [-0.2, 0) is 0 Å². The molecule has 0 aliphatic carbocycles. The normalized spacial score (nSPS) is 8.00. The lowest BCUT2D eigenvalue weighted by Crippen LogP contribution is -2.13. The Kier molecular flexibility index (Phi) is 6.39. The highest BCUT2D eigenvalue weighted by Gasteiger charge is 1.97. The molecule has 0 radical (unpaired) electrons. The molecule has 0 atom stereocenters. The lowest BCUT2D eigenvalue weighted by Gasteiger charge is -1.99. The fourth-order valence-corrected chi connectivity index (χ4v) is 0.829. The smallest absolute Gasteiger partial charge is 0.122 e. The molecule has 78 valence electrons. The monoisotopic (exact) mass is 214 g/mol. The van der Waals surface area contributed by atoms with E-state index in [9.17, 15) is 0 Å². The SMILES string of the molecule is C.Cl.N=C(N)c1ccc(C(=N)N)cc1. The molecule has 0 fully saturated rings. The molecule has 0 spiro atoms. The van der Waals surface area contributed by atoms with Crippen molar-refractivity contribution in [1.29, 1.82) is 10.8 Å². The highest BCUT2D eigenvalue weighted by molar-refractivity contribution is 5.98. The summed E-state index contributed by atoms with van der Waals surface area (Å²) in [4.78, 5) is 0. The van der Waals surface area contributed by atoms with Gasteiger partial charge in [0.05, 0.1) is 0 Å². The second kappa shape index (κ2) is 5.99. The molecular weight excluding hydrogens is 200 g/mol. The number of nitrogens with one attached hydrogen (secondary N) is 2. The second-order valence-corrected chi connectivity index (χ2v) is 2.40. The van der Waals surface area contributed by atoms with Crippen LogP contribution in [0.4, 0.5) is 0 Å². The van der Waals surface area contributed by atoms with Crippen LogP contribution in [0, 0.1) is 10.8 Å². The summed E-state index contributed by atoms with van der Waals surface area (Å²) in [7, 11) is 0. The van der Waals surface area contributed by atoms with Gasteiger partial charge in [0, 0.05) is 11.1 Å². The van der Waals surface area contributed by atoms with E-state index in [4.69, 9.17) is 22.3 Å². The van der Waals surface area contributed by atoms with Crippen LogP contribution in [0.3, 0.4) is 0 Å². The van der Waals surface area contributed by atoms with E-state index in [0.29, 0.717) is 11.1 Å². The quantitative estimate of drug-likeness (QED) is 0.441. The van der Waals surface area contributed by atoms with Crippen LogP contribution in [-0.4, -0.2) is 11.7 Å². The molecule has 0 aliphatic rings. The van der Waals surface area contributed by atoms with Crippen molar-refractivity contribution in [2.75, 3.05) is 0 Å². The van der Waals surface area contributed by atoms with Crippen molar-refractivity contribution in [3.63, 3.8) is 0 Å². The molecule has 0 bridgehead atoms. The van der Waals surface area contributed by atoms with Gasteiger partial charge in [0.2, 0.25) is 0 Å². The number of hydrogen-bond acceptors (Lipinski definition) is 2. The van der Waals surface area contributed by atoms with Crippen LogP contribution in [0.2, 0.25) is 0 Å². The average molecular weight is 215 g/mol. The van der Waals surface area contributed by atoms with Crippen molar-refractivity contribution in [3.8, 4) is 0 Å². The van der Waals surface area contributed by atoms with Crippen LogP contribution in [0.1, 0.15) is 18.6 Å². The van der Waals surface area contributed by atoms with E-state index >= 15 is 0 Å². The summed E-state index contributed by atoms with van der Waals surface area (Å²) in [6, 6.07) is 6.66. The molecule has 5 heteroatoms. The van der Waals surface area contributed by atoms with E-state index in [0.717, 1.165) is 0 Å².